The van der Waals surface area contributed by atoms with Gasteiger partial charge in [-0.05, 0) is 51.4 Å². The number of hydrogen-bond donors (Lipinski definition) is 1. The van der Waals surface area contributed by atoms with Crippen LogP contribution in [0.1, 0.15) is 16.1 Å². The minimum atomic E-state index is -0.108. The topological polar surface area (TPSA) is 91.6 Å². The molecule has 0 unspecified atom stereocenters. The molecular weight excluding hydrogens is 404 g/mol. The first kappa shape index (κ1) is 21.4. The molecule has 1 N–H and O–H groups in total. The fourth-order valence-corrected chi connectivity index (χ4v) is 3.26. The molecule has 4 heterocycles. The van der Waals surface area contributed by atoms with E-state index in [1.807, 2.05) is 62.4 Å². The summed E-state index contributed by atoms with van der Waals surface area (Å²) in [5.74, 6) is 0.966. The number of amides is 1. The van der Waals surface area contributed by atoms with Crippen molar-refractivity contribution in [2.75, 3.05) is 39.5 Å². The maximum absolute atomic E-state index is 13.1. The molecular formula is C23H26N8O. The highest BCUT2D eigenvalue weighted by Gasteiger charge is 2.18. The van der Waals surface area contributed by atoms with E-state index in [-0.39, 0.29) is 5.91 Å². The Morgan fingerprint density at radius 1 is 1.06 bits per heavy atom. The van der Waals surface area contributed by atoms with Crippen molar-refractivity contribution in [2.45, 2.75) is 6.92 Å². The normalized spacial score (nSPS) is 11.2. The van der Waals surface area contributed by atoms with Crippen LogP contribution >= 0.6 is 0 Å². The summed E-state index contributed by atoms with van der Waals surface area (Å²) in [6.45, 7) is 3.31. The highest BCUT2D eigenvalue weighted by molar-refractivity contribution is 6.00. The van der Waals surface area contributed by atoms with Crippen molar-refractivity contribution < 1.29 is 4.79 Å². The summed E-state index contributed by atoms with van der Waals surface area (Å²) < 4.78 is 1.75. The van der Waals surface area contributed by atoms with Gasteiger partial charge in [-0.15, -0.1) is 5.10 Å². The summed E-state index contributed by atoms with van der Waals surface area (Å²) in [4.78, 5) is 30.3. The molecule has 9 nitrogen and oxygen atoms in total. The Balaban J connectivity index is 1.70. The van der Waals surface area contributed by atoms with Gasteiger partial charge in [0.05, 0.1) is 11.3 Å². The van der Waals surface area contributed by atoms with Crippen LogP contribution in [-0.2, 0) is 0 Å². The first-order valence-electron chi connectivity index (χ1n) is 10.3. The zero-order valence-corrected chi connectivity index (χ0v) is 18.6. The van der Waals surface area contributed by atoms with E-state index in [0.29, 0.717) is 35.1 Å². The number of rotatable bonds is 7. The van der Waals surface area contributed by atoms with E-state index < -0.39 is 0 Å². The van der Waals surface area contributed by atoms with Gasteiger partial charge in [0.25, 0.3) is 5.91 Å². The van der Waals surface area contributed by atoms with Gasteiger partial charge in [-0.3, -0.25) is 9.78 Å². The number of carbonyl (C=O) groups is 1. The number of nitrogens with zero attached hydrogens (tertiary/aromatic N) is 7. The zero-order valence-electron chi connectivity index (χ0n) is 18.6. The summed E-state index contributed by atoms with van der Waals surface area (Å²) in [6.07, 6.45) is 5.09. The average molecular weight is 431 g/mol. The minimum absolute atomic E-state index is 0.108. The van der Waals surface area contributed by atoms with Gasteiger partial charge in [-0.2, -0.15) is 0 Å². The molecule has 0 aliphatic rings. The third-order valence-electron chi connectivity index (χ3n) is 5.04. The van der Waals surface area contributed by atoms with E-state index >= 15 is 0 Å². The SMILES string of the molecule is Cc1cccc(-c2nc(Nc3ccncc3C(=O)N(C)CCN(C)C)c3cccn3n2)n1. The molecule has 164 valence electrons. The monoisotopic (exact) mass is 430 g/mol. The number of pyridine rings is 2. The summed E-state index contributed by atoms with van der Waals surface area (Å²) >= 11 is 0. The quantitative estimate of drug-likeness (QED) is 0.482. The molecule has 1 amide bonds. The molecule has 0 atom stereocenters. The van der Waals surface area contributed by atoms with E-state index in [1.165, 1.54) is 0 Å². The third kappa shape index (κ3) is 4.57. The van der Waals surface area contributed by atoms with E-state index in [4.69, 9.17) is 4.98 Å². The first-order valence-corrected chi connectivity index (χ1v) is 10.3. The number of fused-ring (bicyclic) bond motifs is 1. The molecule has 0 spiro atoms. The molecule has 0 fully saturated rings. The van der Waals surface area contributed by atoms with Gasteiger partial charge in [0.1, 0.15) is 11.2 Å². The van der Waals surface area contributed by atoms with Crippen LogP contribution < -0.4 is 5.32 Å². The molecule has 0 aromatic carbocycles. The van der Waals surface area contributed by atoms with Crippen LogP contribution in [0.3, 0.4) is 0 Å². The number of likely N-dealkylation sites (N-methyl/N-ethyl adjacent to an activating group) is 2. The number of anilines is 2. The van der Waals surface area contributed by atoms with Crippen LogP contribution in [0.15, 0.2) is 55.0 Å². The second-order valence-electron chi connectivity index (χ2n) is 7.86. The van der Waals surface area contributed by atoms with Crippen LogP contribution in [0.4, 0.5) is 11.5 Å². The van der Waals surface area contributed by atoms with E-state index in [9.17, 15) is 4.79 Å². The van der Waals surface area contributed by atoms with Crippen molar-refractivity contribution in [2.24, 2.45) is 0 Å². The number of aromatic nitrogens is 5. The van der Waals surface area contributed by atoms with Crippen molar-refractivity contribution in [3.8, 4) is 11.5 Å². The summed E-state index contributed by atoms with van der Waals surface area (Å²) in [6, 6.07) is 11.3. The molecule has 0 aliphatic heterocycles. The van der Waals surface area contributed by atoms with E-state index in [0.717, 1.165) is 17.8 Å². The van der Waals surface area contributed by atoms with Crippen molar-refractivity contribution in [3.05, 3.63) is 66.2 Å². The fraction of sp³-hybridized carbons (Fsp3) is 0.261. The predicted molar refractivity (Wildman–Crippen MR) is 124 cm³/mol. The van der Waals surface area contributed by atoms with E-state index in [1.54, 1.807) is 34.9 Å². The Bertz CT molecular complexity index is 1250. The largest absolute Gasteiger partial charge is 0.340 e. The summed E-state index contributed by atoms with van der Waals surface area (Å²) in [5.41, 5.74) is 3.46. The fourth-order valence-electron chi connectivity index (χ4n) is 3.26. The molecule has 4 aromatic rings. The number of carbonyl (C=O) groups excluding carboxylic acids is 1. The minimum Gasteiger partial charge on any atom is -0.340 e. The van der Waals surface area contributed by atoms with Crippen molar-refractivity contribution in [3.63, 3.8) is 0 Å². The lowest BCUT2D eigenvalue weighted by molar-refractivity contribution is 0.0787. The van der Waals surface area contributed by atoms with Gasteiger partial charge in [0.2, 0.25) is 5.82 Å². The molecule has 32 heavy (non-hydrogen) atoms. The highest BCUT2D eigenvalue weighted by Crippen LogP contribution is 2.25. The molecule has 0 saturated heterocycles. The standard InChI is InChI=1S/C23H26N8O/c1-16-7-5-8-19(25-16)21-27-22(20-9-6-12-31(20)28-21)26-18-10-11-24-15-17(18)23(32)30(4)14-13-29(2)3/h5-12,15H,13-14H2,1-4H3,(H,24,26,27,28). The lowest BCUT2D eigenvalue weighted by Gasteiger charge is -2.21. The van der Waals surface area contributed by atoms with Crippen LogP contribution in [-0.4, -0.2) is 74.5 Å². The molecule has 4 aromatic heterocycles. The lowest BCUT2D eigenvalue weighted by atomic mass is 10.2. The average Bonchev–Trinajstić information content (AvgIpc) is 3.26. The molecule has 9 heteroatoms. The van der Waals surface area contributed by atoms with Gasteiger partial charge in [0, 0.05) is 44.4 Å². The predicted octanol–water partition coefficient (Wildman–Crippen LogP) is 2.87. The number of aryl methyl sites for hydroxylation is 1. The number of hydrogen-bond acceptors (Lipinski definition) is 7. The second-order valence-corrected chi connectivity index (χ2v) is 7.86. The third-order valence-corrected chi connectivity index (χ3v) is 5.04. The first-order chi connectivity index (χ1) is 15.4. The van der Waals surface area contributed by atoms with Crippen molar-refractivity contribution in [1.29, 1.82) is 0 Å². The van der Waals surface area contributed by atoms with Gasteiger partial charge in [-0.25, -0.2) is 14.5 Å². The molecule has 0 radical (unpaired) electrons. The van der Waals surface area contributed by atoms with Crippen LogP contribution in [0, 0.1) is 6.92 Å². The summed E-state index contributed by atoms with van der Waals surface area (Å²) in [5, 5.41) is 7.92. The maximum Gasteiger partial charge on any atom is 0.257 e. The van der Waals surface area contributed by atoms with E-state index in [2.05, 4.69) is 20.4 Å². The molecule has 4 rings (SSSR count). The van der Waals surface area contributed by atoms with Gasteiger partial charge < -0.3 is 15.1 Å². The van der Waals surface area contributed by atoms with Crippen LogP contribution in [0.25, 0.3) is 17.0 Å². The Morgan fingerprint density at radius 3 is 2.69 bits per heavy atom. The summed E-state index contributed by atoms with van der Waals surface area (Å²) in [7, 11) is 5.75. The van der Waals surface area contributed by atoms with Gasteiger partial charge in [-0.1, -0.05) is 6.07 Å². The van der Waals surface area contributed by atoms with Crippen molar-refractivity contribution in [1.82, 2.24) is 34.4 Å². The van der Waals surface area contributed by atoms with Crippen LogP contribution in [0.5, 0.6) is 0 Å². The smallest absolute Gasteiger partial charge is 0.257 e. The highest BCUT2D eigenvalue weighted by atomic mass is 16.2. The Hall–Kier alpha value is -3.85. The maximum atomic E-state index is 13.1. The second kappa shape index (κ2) is 9.11. The Kier molecular flexibility index (Phi) is 6.09. The Morgan fingerprint density at radius 2 is 1.91 bits per heavy atom. The number of nitrogens with one attached hydrogen (secondary N) is 1. The van der Waals surface area contributed by atoms with Gasteiger partial charge >= 0.3 is 0 Å². The Labute approximate surface area is 186 Å². The lowest BCUT2D eigenvalue weighted by Crippen LogP contribution is -2.33. The molecule has 0 aliphatic carbocycles. The molecule has 0 saturated carbocycles. The van der Waals surface area contributed by atoms with Crippen LogP contribution in [0.2, 0.25) is 0 Å². The van der Waals surface area contributed by atoms with Gasteiger partial charge in [0.15, 0.2) is 5.82 Å². The molecule has 0 bridgehead atoms. The zero-order chi connectivity index (χ0) is 22.7. The van der Waals surface area contributed by atoms with Crippen molar-refractivity contribution >= 4 is 22.9 Å².